The first-order chi connectivity index (χ1) is 8.78. The van der Waals surface area contributed by atoms with Gasteiger partial charge in [0.2, 0.25) is 0 Å². The average molecular weight is 269 g/mol. The van der Waals surface area contributed by atoms with Gasteiger partial charge >= 0.3 is 5.97 Å². The standard InChI is InChI=1S/C15H27NO3/c1-12(17)10-16(13-8-6-5-7-9-13)11-14(18)19-15(2,3)4/h13H,5-11H2,1-4H3. The Labute approximate surface area is 116 Å². The van der Waals surface area contributed by atoms with Crippen LogP contribution < -0.4 is 0 Å². The van der Waals surface area contributed by atoms with Crippen molar-refractivity contribution in [3.05, 3.63) is 0 Å². The van der Waals surface area contributed by atoms with Crippen molar-refractivity contribution >= 4 is 11.8 Å². The molecule has 0 bridgehead atoms. The average Bonchev–Trinajstić information content (AvgIpc) is 2.26. The second kappa shape index (κ2) is 7.04. The lowest BCUT2D eigenvalue weighted by atomic mass is 9.94. The maximum absolute atomic E-state index is 11.9. The van der Waals surface area contributed by atoms with Gasteiger partial charge in [-0.1, -0.05) is 19.3 Å². The topological polar surface area (TPSA) is 46.6 Å². The van der Waals surface area contributed by atoms with Gasteiger partial charge in [0.1, 0.15) is 11.4 Å². The second-order valence-corrected chi connectivity index (χ2v) is 6.49. The minimum absolute atomic E-state index is 0.106. The Morgan fingerprint density at radius 2 is 1.68 bits per heavy atom. The van der Waals surface area contributed by atoms with Crippen molar-refractivity contribution < 1.29 is 14.3 Å². The van der Waals surface area contributed by atoms with E-state index in [9.17, 15) is 9.59 Å². The summed E-state index contributed by atoms with van der Waals surface area (Å²) in [4.78, 5) is 25.3. The Balaban J connectivity index is 2.58. The maximum Gasteiger partial charge on any atom is 0.320 e. The van der Waals surface area contributed by atoms with Crippen LogP contribution >= 0.6 is 0 Å². The summed E-state index contributed by atoms with van der Waals surface area (Å²) in [5.74, 6) is -0.131. The number of hydrogen-bond donors (Lipinski definition) is 0. The smallest absolute Gasteiger partial charge is 0.320 e. The number of carbonyl (C=O) groups is 2. The molecule has 1 saturated carbocycles. The summed E-state index contributed by atoms with van der Waals surface area (Å²) in [7, 11) is 0. The summed E-state index contributed by atoms with van der Waals surface area (Å²) in [5, 5.41) is 0. The van der Waals surface area contributed by atoms with Gasteiger partial charge in [-0.2, -0.15) is 0 Å². The Morgan fingerprint density at radius 1 is 1.11 bits per heavy atom. The SMILES string of the molecule is CC(=O)CN(CC(=O)OC(C)(C)C)C1CCCCC1. The van der Waals surface area contributed by atoms with E-state index < -0.39 is 5.60 Å². The van der Waals surface area contributed by atoms with Crippen molar-refractivity contribution in [2.24, 2.45) is 0 Å². The fraction of sp³-hybridized carbons (Fsp3) is 0.867. The third-order valence-electron chi connectivity index (χ3n) is 3.27. The number of hydrogen-bond acceptors (Lipinski definition) is 4. The number of rotatable bonds is 5. The Kier molecular flexibility index (Phi) is 5.98. The molecule has 0 heterocycles. The molecule has 0 aromatic rings. The van der Waals surface area contributed by atoms with E-state index in [0.717, 1.165) is 12.8 Å². The summed E-state index contributed by atoms with van der Waals surface area (Å²) < 4.78 is 5.35. The van der Waals surface area contributed by atoms with Gasteiger partial charge in [0.25, 0.3) is 0 Å². The predicted octanol–water partition coefficient (Wildman–Crippen LogP) is 2.55. The van der Waals surface area contributed by atoms with Crippen LogP contribution in [0.1, 0.15) is 59.8 Å². The fourth-order valence-corrected chi connectivity index (χ4v) is 2.59. The summed E-state index contributed by atoms with van der Waals surface area (Å²) in [5.41, 5.74) is -0.467. The highest BCUT2D eigenvalue weighted by Gasteiger charge is 2.26. The minimum atomic E-state index is -0.467. The zero-order valence-corrected chi connectivity index (χ0v) is 12.7. The number of esters is 1. The van der Waals surface area contributed by atoms with Gasteiger partial charge in [0.15, 0.2) is 0 Å². The van der Waals surface area contributed by atoms with E-state index in [1.807, 2.05) is 25.7 Å². The molecule has 0 radical (unpaired) electrons. The van der Waals surface area contributed by atoms with Gasteiger partial charge in [-0.15, -0.1) is 0 Å². The lowest BCUT2D eigenvalue weighted by molar-refractivity contribution is -0.157. The van der Waals surface area contributed by atoms with Crippen LogP contribution in [0.25, 0.3) is 0 Å². The van der Waals surface area contributed by atoms with E-state index in [1.165, 1.54) is 19.3 Å². The fourth-order valence-electron chi connectivity index (χ4n) is 2.59. The molecule has 1 rings (SSSR count). The molecule has 0 unspecified atom stereocenters. The molecule has 19 heavy (non-hydrogen) atoms. The number of ketones is 1. The normalized spacial score (nSPS) is 17.5. The highest BCUT2D eigenvalue weighted by atomic mass is 16.6. The second-order valence-electron chi connectivity index (χ2n) is 6.49. The van der Waals surface area contributed by atoms with E-state index in [2.05, 4.69) is 0 Å². The van der Waals surface area contributed by atoms with Gasteiger partial charge < -0.3 is 4.74 Å². The van der Waals surface area contributed by atoms with Crippen LogP contribution in [0.2, 0.25) is 0 Å². The van der Waals surface area contributed by atoms with Crippen molar-refractivity contribution in [2.45, 2.75) is 71.4 Å². The molecule has 0 aromatic carbocycles. The Bertz CT molecular complexity index is 314. The van der Waals surface area contributed by atoms with E-state index in [1.54, 1.807) is 6.92 Å². The molecule has 0 spiro atoms. The van der Waals surface area contributed by atoms with Gasteiger partial charge in [0.05, 0.1) is 13.1 Å². The summed E-state index contributed by atoms with van der Waals surface area (Å²) in [6, 6.07) is 0.352. The molecule has 4 heteroatoms. The number of Topliss-reactive ketones (excluding diaryl/α,β-unsaturated/α-hetero) is 1. The number of ether oxygens (including phenoxy) is 1. The third kappa shape index (κ3) is 6.71. The van der Waals surface area contributed by atoms with Crippen LogP contribution in [-0.4, -0.2) is 41.4 Å². The zero-order chi connectivity index (χ0) is 14.5. The molecule has 0 aromatic heterocycles. The van der Waals surface area contributed by atoms with Crippen LogP contribution in [0.3, 0.4) is 0 Å². The molecule has 110 valence electrons. The molecule has 1 aliphatic carbocycles. The van der Waals surface area contributed by atoms with Crippen molar-refractivity contribution in [3.63, 3.8) is 0 Å². The summed E-state index contributed by atoms with van der Waals surface area (Å²) in [6.07, 6.45) is 5.80. The van der Waals surface area contributed by atoms with Crippen LogP contribution in [-0.2, 0) is 14.3 Å². The quantitative estimate of drug-likeness (QED) is 0.720. The molecule has 0 saturated heterocycles. The molecule has 4 nitrogen and oxygen atoms in total. The number of nitrogens with zero attached hydrogens (tertiary/aromatic N) is 1. The van der Waals surface area contributed by atoms with Crippen LogP contribution in [0.15, 0.2) is 0 Å². The highest BCUT2D eigenvalue weighted by molar-refractivity contribution is 5.79. The van der Waals surface area contributed by atoms with Crippen molar-refractivity contribution in [2.75, 3.05) is 13.1 Å². The molecule has 0 amide bonds. The molecule has 0 aliphatic heterocycles. The predicted molar refractivity (Wildman–Crippen MR) is 75.0 cm³/mol. The molecular weight excluding hydrogens is 242 g/mol. The van der Waals surface area contributed by atoms with Gasteiger partial charge in [-0.05, 0) is 40.5 Å². The first kappa shape index (κ1) is 16.2. The highest BCUT2D eigenvalue weighted by Crippen LogP contribution is 2.22. The van der Waals surface area contributed by atoms with E-state index in [4.69, 9.17) is 4.74 Å². The molecule has 1 fully saturated rings. The molecule has 1 aliphatic rings. The van der Waals surface area contributed by atoms with Gasteiger partial charge in [0, 0.05) is 6.04 Å². The van der Waals surface area contributed by atoms with E-state index in [0.29, 0.717) is 12.6 Å². The maximum atomic E-state index is 11.9. The Hall–Kier alpha value is -0.900. The van der Waals surface area contributed by atoms with Gasteiger partial charge in [-0.25, -0.2) is 0 Å². The van der Waals surface area contributed by atoms with E-state index >= 15 is 0 Å². The van der Waals surface area contributed by atoms with Gasteiger partial charge in [-0.3, -0.25) is 14.5 Å². The molecule has 0 N–H and O–H groups in total. The Morgan fingerprint density at radius 3 is 2.16 bits per heavy atom. The van der Waals surface area contributed by atoms with Crippen molar-refractivity contribution in [1.29, 1.82) is 0 Å². The third-order valence-corrected chi connectivity index (χ3v) is 3.27. The largest absolute Gasteiger partial charge is 0.459 e. The number of carbonyl (C=O) groups excluding carboxylic acids is 2. The first-order valence-corrected chi connectivity index (χ1v) is 7.23. The van der Waals surface area contributed by atoms with E-state index in [-0.39, 0.29) is 18.3 Å². The summed E-state index contributed by atoms with van der Waals surface area (Å²) >= 11 is 0. The monoisotopic (exact) mass is 269 g/mol. The lowest BCUT2D eigenvalue weighted by Crippen LogP contribution is -2.44. The van der Waals surface area contributed by atoms with Crippen LogP contribution in [0.4, 0.5) is 0 Å². The molecular formula is C15H27NO3. The van der Waals surface area contributed by atoms with Crippen LogP contribution in [0, 0.1) is 0 Å². The lowest BCUT2D eigenvalue weighted by Gasteiger charge is -2.33. The van der Waals surface area contributed by atoms with Crippen molar-refractivity contribution in [3.8, 4) is 0 Å². The minimum Gasteiger partial charge on any atom is -0.459 e. The molecule has 0 atom stereocenters. The van der Waals surface area contributed by atoms with Crippen LogP contribution in [0.5, 0.6) is 0 Å². The van der Waals surface area contributed by atoms with Crippen molar-refractivity contribution in [1.82, 2.24) is 4.90 Å². The summed E-state index contributed by atoms with van der Waals surface area (Å²) in [6.45, 7) is 7.73. The first-order valence-electron chi connectivity index (χ1n) is 7.23. The zero-order valence-electron chi connectivity index (χ0n) is 12.7.